The Morgan fingerprint density at radius 1 is 0.966 bits per heavy atom. The van der Waals surface area contributed by atoms with Crippen molar-refractivity contribution in [1.82, 2.24) is 29.1 Å². The van der Waals surface area contributed by atoms with Gasteiger partial charge >= 0.3 is 0 Å². The van der Waals surface area contributed by atoms with E-state index in [1.807, 2.05) is 42.5 Å². The van der Waals surface area contributed by atoms with Crippen LogP contribution in [0.4, 0.5) is 5.82 Å². The fraction of sp³-hybridized carbons (Fsp3) is 0.182. The molecule has 3 aromatic heterocycles. The number of nitrogens with zero attached hydrogens (tertiary/aromatic N) is 6. The van der Waals surface area contributed by atoms with Crippen LogP contribution in [-0.2, 0) is 6.54 Å². The fourth-order valence-electron chi connectivity index (χ4n) is 3.63. The van der Waals surface area contributed by atoms with Crippen molar-refractivity contribution in [3.05, 3.63) is 72.8 Å². The van der Waals surface area contributed by atoms with Gasteiger partial charge in [0.05, 0.1) is 16.7 Å². The molecule has 0 saturated heterocycles. The van der Waals surface area contributed by atoms with Crippen molar-refractivity contribution in [1.29, 1.82) is 0 Å². The number of rotatable bonds is 6. The molecule has 2 aromatic carbocycles. The lowest BCUT2D eigenvalue weighted by Crippen LogP contribution is -2.11. The van der Waals surface area contributed by atoms with Gasteiger partial charge in [-0.05, 0) is 25.5 Å². The SMILES string of the molecule is Cc1nc2ccccc2n1CCCNc1cc(-c2ccccc2)nc2ncnn12. The Kier molecular flexibility index (Phi) is 4.40. The minimum Gasteiger partial charge on any atom is -0.370 e. The number of nitrogens with one attached hydrogen (secondary N) is 1. The van der Waals surface area contributed by atoms with E-state index in [2.05, 4.69) is 55.1 Å². The summed E-state index contributed by atoms with van der Waals surface area (Å²) in [4.78, 5) is 13.5. The molecule has 0 atom stereocenters. The second kappa shape index (κ2) is 7.35. The van der Waals surface area contributed by atoms with Crippen molar-refractivity contribution in [3.8, 4) is 11.3 Å². The van der Waals surface area contributed by atoms with Gasteiger partial charge < -0.3 is 9.88 Å². The van der Waals surface area contributed by atoms with E-state index >= 15 is 0 Å². The number of hydrogen-bond acceptors (Lipinski definition) is 5. The van der Waals surface area contributed by atoms with Crippen LogP contribution < -0.4 is 5.32 Å². The molecule has 0 aliphatic carbocycles. The normalized spacial score (nSPS) is 11.3. The van der Waals surface area contributed by atoms with E-state index in [1.165, 1.54) is 11.8 Å². The molecule has 0 bridgehead atoms. The number of aromatic nitrogens is 6. The quantitative estimate of drug-likeness (QED) is 0.450. The molecule has 0 unspecified atom stereocenters. The molecule has 1 N–H and O–H groups in total. The summed E-state index contributed by atoms with van der Waals surface area (Å²) < 4.78 is 4.01. The molecule has 0 aliphatic rings. The van der Waals surface area contributed by atoms with Crippen LogP contribution in [0.15, 0.2) is 67.0 Å². The van der Waals surface area contributed by atoms with Gasteiger partial charge in [-0.1, -0.05) is 42.5 Å². The van der Waals surface area contributed by atoms with Crippen LogP contribution in [0, 0.1) is 6.92 Å². The maximum Gasteiger partial charge on any atom is 0.254 e. The van der Waals surface area contributed by atoms with Crippen LogP contribution in [0.2, 0.25) is 0 Å². The number of hydrogen-bond donors (Lipinski definition) is 1. The molecule has 0 spiro atoms. The molecular formula is C22H21N7. The number of para-hydroxylation sites is 2. The second-order valence-corrected chi connectivity index (χ2v) is 6.94. The van der Waals surface area contributed by atoms with Crippen molar-refractivity contribution in [2.45, 2.75) is 19.9 Å². The van der Waals surface area contributed by atoms with Crippen LogP contribution >= 0.6 is 0 Å². The summed E-state index contributed by atoms with van der Waals surface area (Å²) in [5, 5.41) is 7.80. The molecule has 3 heterocycles. The lowest BCUT2D eigenvalue weighted by molar-refractivity contribution is 0.657. The largest absolute Gasteiger partial charge is 0.370 e. The molecular weight excluding hydrogens is 362 g/mol. The summed E-state index contributed by atoms with van der Waals surface area (Å²) in [6.45, 7) is 3.76. The number of fused-ring (bicyclic) bond motifs is 2. The zero-order valence-electron chi connectivity index (χ0n) is 16.2. The standard InChI is InChI=1S/C22H21N7/c1-16-26-18-10-5-6-11-20(18)28(16)13-7-12-23-21-14-19(17-8-3-2-4-9-17)27-22-24-15-25-29(21)22/h2-6,8-11,14-15,23H,7,12-13H2,1H3. The van der Waals surface area contributed by atoms with Crippen LogP contribution in [0.5, 0.6) is 0 Å². The Morgan fingerprint density at radius 3 is 2.69 bits per heavy atom. The zero-order chi connectivity index (χ0) is 19.6. The van der Waals surface area contributed by atoms with Gasteiger partial charge in [0.25, 0.3) is 5.78 Å². The Morgan fingerprint density at radius 2 is 1.79 bits per heavy atom. The Balaban J connectivity index is 1.34. The minimum atomic E-state index is 0.588. The smallest absolute Gasteiger partial charge is 0.254 e. The summed E-state index contributed by atoms with van der Waals surface area (Å²) >= 11 is 0. The summed E-state index contributed by atoms with van der Waals surface area (Å²) in [5.74, 6) is 2.52. The first-order valence-corrected chi connectivity index (χ1v) is 9.71. The van der Waals surface area contributed by atoms with Gasteiger partial charge in [-0.25, -0.2) is 9.97 Å². The maximum absolute atomic E-state index is 4.64. The molecule has 5 aromatic rings. The number of imidazole rings is 1. The van der Waals surface area contributed by atoms with Gasteiger partial charge in [0, 0.05) is 24.7 Å². The highest BCUT2D eigenvalue weighted by Crippen LogP contribution is 2.21. The number of aryl methyl sites for hydroxylation is 2. The molecule has 7 heteroatoms. The number of anilines is 1. The summed E-state index contributed by atoms with van der Waals surface area (Å²) in [6.07, 6.45) is 2.49. The Bertz CT molecular complexity index is 1270. The highest BCUT2D eigenvalue weighted by Gasteiger charge is 2.10. The Labute approximate surface area is 168 Å². The molecule has 0 radical (unpaired) electrons. The predicted molar refractivity (Wildman–Crippen MR) is 114 cm³/mol. The summed E-state index contributed by atoms with van der Waals surface area (Å²) in [6, 6.07) is 20.4. The first-order valence-electron chi connectivity index (χ1n) is 9.71. The van der Waals surface area contributed by atoms with E-state index < -0.39 is 0 Å². The lowest BCUT2D eigenvalue weighted by Gasteiger charge is -2.11. The fourth-order valence-corrected chi connectivity index (χ4v) is 3.63. The topological polar surface area (TPSA) is 72.9 Å². The van der Waals surface area contributed by atoms with Crippen LogP contribution in [0.25, 0.3) is 28.1 Å². The highest BCUT2D eigenvalue weighted by atomic mass is 15.3. The predicted octanol–water partition coefficient (Wildman–Crippen LogP) is 3.95. The first kappa shape index (κ1) is 17.4. The van der Waals surface area contributed by atoms with E-state index in [9.17, 15) is 0 Å². The molecule has 0 saturated carbocycles. The minimum absolute atomic E-state index is 0.588. The summed E-state index contributed by atoms with van der Waals surface area (Å²) in [5.41, 5.74) is 4.16. The Hall–Kier alpha value is -3.74. The van der Waals surface area contributed by atoms with Gasteiger partial charge in [-0.3, -0.25) is 0 Å². The van der Waals surface area contributed by atoms with E-state index in [0.717, 1.165) is 47.9 Å². The van der Waals surface area contributed by atoms with Gasteiger partial charge in [0.1, 0.15) is 18.0 Å². The number of benzene rings is 2. The molecule has 0 amide bonds. The molecule has 5 rings (SSSR count). The molecule has 0 fully saturated rings. The van der Waals surface area contributed by atoms with Crippen molar-refractivity contribution in [2.24, 2.45) is 0 Å². The average molecular weight is 383 g/mol. The first-order chi connectivity index (χ1) is 14.3. The third kappa shape index (κ3) is 3.31. The van der Waals surface area contributed by atoms with E-state index in [-0.39, 0.29) is 0 Å². The van der Waals surface area contributed by atoms with Gasteiger partial charge in [0.2, 0.25) is 0 Å². The maximum atomic E-state index is 4.64. The summed E-state index contributed by atoms with van der Waals surface area (Å²) in [7, 11) is 0. The van der Waals surface area contributed by atoms with E-state index in [1.54, 1.807) is 4.52 Å². The highest BCUT2D eigenvalue weighted by molar-refractivity contribution is 5.75. The molecule has 0 aliphatic heterocycles. The van der Waals surface area contributed by atoms with Gasteiger partial charge in [-0.15, -0.1) is 0 Å². The van der Waals surface area contributed by atoms with Crippen LogP contribution in [0.1, 0.15) is 12.2 Å². The van der Waals surface area contributed by atoms with Crippen molar-refractivity contribution < 1.29 is 0 Å². The monoisotopic (exact) mass is 383 g/mol. The van der Waals surface area contributed by atoms with Gasteiger partial charge in [0.15, 0.2) is 0 Å². The molecule has 144 valence electrons. The molecule has 7 nitrogen and oxygen atoms in total. The second-order valence-electron chi connectivity index (χ2n) is 6.94. The molecule has 29 heavy (non-hydrogen) atoms. The van der Waals surface area contributed by atoms with Crippen molar-refractivity contribution >= 4 is 22.6 Å². The lowest BCUT2D eigenvalue weighted by atomic mass is 10.1. The zero-order valence-corrected chi connectivity index (χ0v) is 16.2. The van der Waals surface area contributed by atoms with Gasteiger partial charge in [-0.2, -0.15) is 14.6 Å². The third-order valence-electron chi connectivity index (χ3n) is 5.03. The van der Waals surface area contributed by atoms with Crippen molar-refractivity contribution in [3.63, 3.8) is 0 Å². The van der Waals surface area contributed by atoms with E-state index in [0.29, 0.717) is 5.78 Å². The van der Waals surface area contributed by atoms with E-state index in [4.69, 9.17) is 0 Å². The average Bonchev–Trinajstić information content (AvgIpc) is 3.35. The van der Waals surface area contributed by atoms with Crippen molar-refractivity contribution in [2.75, 3.05) is 11.9 Å². The third-order valence-corrected chi connectivity index (χ3v) is 5.03. The van der Waals surface area contributed by atoms with Crippen LogP contribution in [-0.4, -0.2) is 35.7 Å². The van der Waals surface area contributed by atoms with Crippen LogP contribution in [0.3, 0.4) is 0 Å².